The van der Waals surface area contributed by atoms with Gasteiger partial charge in [0.1, 0.15) is 11.6 Å². The van der Waals surface area contributed by atoms with Gasteiger partial charge in [-0.25, -0.2) is 0 Å². The van der Waals surface area contributed by atoms with E-state index in [1.807, 2.05) is 13.8 Å². The highest BCUT2D eigenvalue weighted by Crippen LogP contribution is 2.62. The molecule has 0 spiro atoms. The van der Waals surface area contributed by atoms with Crippen LogP contribution in [0.15, 0.2) is 0 Å². The third-order valence-corrected chi connectivity index (χ3v) is 5.13. The Morgan fingerprint density at radius 2 is 1.65 bits per heavy atom. The van der Waals surface area contributed by atoms with Gasteiger partial charge >= 0.3 is 0 Å². The van der Waals surface area contributed by atoms with Crippen LogP contribution in [0, 0.1) is 29.1 Å². The van der Waals surface area contributed by atoms with Crippen LogP contribution in [0.2, 0.25) is 0 Å². The summed E-state index contributed by atoms with van der Waals surface area (Å²) in [5.74, 6) is 1.79. The van der Waals surface area contributed by atoms with Crippen LogP contribution in [0.25, 0.3) is 0 Å². The fourth-order valence-electron chi connectivity index (χ4n) is 3.49. The summed E-state index contributed by atoms with van der Waals surface area (Å²) in [5.41, 5.74) is 0.179. The molecule has 0 amide bonds. The van der Waals surface area contributed by atoms with Gasteiger partial charge in [0, 0.05) is 24.2 Å². The molecule has 17 heavy (non-hydrogen) atoms. The molecule has 0 unspecified atom stereocenters. The molecule has 2 heteroatoms. The number of Topliss-reactive ketones (excluding diaryl/α,β-unsaturated/α-hetero) is 2. The molecule has 2 aliphatic carbocycles. The largest absolute Gasteiger partial charge is 0.299 e. The van der Waals surface area contributed by atoms with Crippen molar-refractivity contribution in [3.63, 3.8) is 0 Å². The Labute approximate surface area is 104 Å². The average Bonchev–Trinajstić information content (AvgIpc) is 2.82. The number of ketones is 2. The lowest BCUT2D eigenvalue weighted by Gasteiger charge is -2.15. The molecule has 4 atom stereocenters. The van der Waals surface area contributed by atoms with E-state index in [-0.39, 0.29) is 23.2 Å². The molecule has 0 aromatic heterocycles. The van der Waals surface area contributed by atoms with E-state index in [2.05, 4.69) is 13.8 Å². The molecule has 2 rings (SSSR count). The van der Waals surface area contributed by atoms with Crippen LogP contribution in [0.3, 0.4) is 0 Å². The standard InChI is InChI=1S/C15H24O2/c1-9-5-7-11-13(15(11,3)4)14(17)10(2)6-8-12(9)16/h9-11,13H,5-8H2,1-4H3/t9-,10-,11-,13-/m1/s1. The van der Waals surface area contributed by atoms with Gasteiger partial charge in [0.15, 0.2) is 0 Å². The van der Waals surface area contributed by atoms with Crippen molar-refractivity contribution in [1.29, 1.82) is 0 Å². The van der Waals surface area contributed by atoms with Gasteiger partial charge in [-0.3, -0.25) is 9.59 Å². The van der Waals surface area contributed by atoms with Gasteiger partial charge in [0.25, 0.3) is 0 Å². The lowest BCUT2D eigenvalue weighted by Crippen LogP contribution is -2.20. The van der Waals surface area contributed by atoms with Crippen molar-refractivity contribution in [2.75, 3.05) is 0 Å². The molecule has 96 valence electrons. The van der Waals surface area contributed by atoms with E-state index in [0.29, 0.717) is 23.9 Å². The van der Waals surface area contributed by atoms with Crippen molar-refractivity contribution >= 4 is 11.6 Å². The Bertz CT molecular complexity index is 343. The highest BCUT2D eigenvalue weighted by molar-refractivity contribution is 5.88. The predicted molar refractivity (Wildman–Crippen MR) is 67.6 cm³/mol. The summed E-state index contributed by atoms with van der Waals surface area (Å²) < 4.78 is 0. The zero-order chi connectivity index (χ0) is 12.8. The number of fused-ring (bicyclic) bond motifs is 1. The van der Waals surface area contributed by atoms with Gasteiger partial charge in [-0.15, -0.1) is 0 Å². The summed E-state index contributed by atoms with van der Waals surface area (Å²) in [6.07, 6.45) is 3.35. The summed E-state index contributed by atoms with van der Waals surface area (Å²) in [7, 11) is 0. The van der Waals surface area contributed by atoms with Gasteiger partial charge in [-0.1, -0.05) is 27.7 Å². The van der Waals surface area contributed by atoms with E-state index >= 15 is 0 Å². The Hall–Kier alpha value is -0.660. The SMILES string of the molecule is C[C@@H]1CC[C@@H]2[C@H](C(=O)[C@H](C)CCC1=O)C2(C)C. The Morgan fingerprint density at radius 1 is 1.00 bits per heavy atom. The molecule has 0 heterocycles. The van der Waals surface area contributed by atoms with Crippen molar-refractivity contribution < 1.29 is 9.59 Å². The first kappa shape index (κ1) is 12.8. The first-order valence-electron chi connectivity index (χ1n) is 6.92. The van der Waals surface area contributed by atoms with Crippen LogP contribution in [0.5, 0.6) is 0 Å². The maximum atomic E-state index is 12.3. The molecular formula is C15H24O2. The van der Waals surface area contributed by atoms with Crippen LogP contribution in [-0.4, -0.2) is 11.6 Å². The van der Waals surface area contributed by atoms with E-state index in [4.69, 9.17) is 0 Å². The van der Waals surface area contributed by atoms with Crippen LogP contribution in [0.4, 0.5) is 0 Å². The second kappa shape index (κ2) is 4.22. The quantitative estimate of drug-likeness (QED) is 0.647. The van der Waals surface area contributed by atoms with Crippen molar-refractivity contribution in [1.82, 2.24) is 0 Å². The zero-order valence-corrected chi connectivity index (χ0v) is 11.5. The summed E-state index contributed by atoms with van der Waals surface area (Å²) in [4.78, 5) is 24.2. The van der Waals surface area contributed by atoms with Gasteiger partial charge in [0.2, 0.25) is 0 Å². The van der Waals surface area contributed by atoms with E-state index in [1.165, 1.54) is 0 Å². The topological polar surface area (TPSA) is 34.1 Å². The van der Waals surface area contributed by atoms with E-state index < -0.39 is 0 Å². The van der Waals surface area contributed by atoms with E-state index in [1.54, 1.807) is 0 Å². The first-order chi connectivity index (χ1) is 7.85. The van der Waals surface area contributed by atoms with Crippen LogP contribution in [0.1, 0.15) is 53.4 Å². The Balaban J connectivity index is 2.14. The third kappa shape index (κ3) is 2.19. The summed E-state index contributed by atoms with van der Waals surface area (Å²) in [6.45, 7) is 8.45. The van der Waals surface area contributed by atoms with Crippen molar-refractivity contribution in [2.24, 2.45) is 29.1 Å². The fourth-order valence-corrected chi connectivity index (χ4v) is 3.49. The highest BCUT2D eigenvalue weighted by atomic mass is 16.1. The van der Waals surface area contributed by atoms with Gasteiger partial charge in [-0.05, 0) is 30.6 Å². The number of carbonyl (C=O) groups excluding carboxylic acids is 2. The fraction of sp³-hybridized carbons (Fsp3) is 0.867. The summed E-state index contributed by atoms with van der Waals surface area (Å²) in [6, 6.07) is 0. The maximum absolute atomic E-state index is 12.3. The number of hydrogen-bond acceptors (Lipinski definition) is 2. The summed E-state index contributed by atoms with van der Waals surface area (Å²) >= 11 is 0. The van der Waals surface area contributed by atoms with Crippen molar-refractivity contribution in [3.8, 4) is 0 Å². The highest BCUT2D eigenvalue weighted by Gasteiger charge is 2.61. The minimum atomic E-state index is 0.0681. The van der Waals surface area contributed by atoms with E-state index in [0.717, 1.165) is 19.3 Å². The smallest absolute Gasteiger partial charge is 0.139 e. The molecular weight excluding hydrogens is 212 g/mol. The van der Waals surface area contributed by atoms with Gasteiger partial charge in [-0.2, -0.15) is 0 Å². The molecule has 0 radical (unpaired) electrons. The monoisotopic (exact) mass is 236 g/mol. The van der Waals surface area contributed by atoms with Crippen LogP contribution in [-0.2, 0) is 9.59 Å². The van der Waals surface area contributed by atoms with Gasteiger partial charge in [0.05, 0.1) is 0 Å². The van der Waals surface area contributed by atoms with Crippen molar-refractivity contribution in [2.45, 2.75) is 53.4 Å². The van der Waals surface area contributed by atoms with Gasteiger partial charge < -0.3 is 0 Å². The summed E-state index contributed by atoms with van der Waals surface area (Å²) in [5, 5.41) is 0. The number of hydrogen-bond donors (Lipinski definition) is 0. The molecule has 2 saturated carbocycles. The molecule has 0 bridgehead atoms. The number of rotatable bonds is 0. The Morgan fingerprint density at radius 3 is 2.29 bits per heavy atom. The van der Waals surface area contributed by atoms with E-state index in [9.17, 15) is 9.59 Å². The molecule has 2 aliphatic rings. The Kier molecular flexibility index (Phi) is 3.17. The molecule has 0 aromatic carbocycles. The molecule has 2 nitrogen and oxygen atoms in total. The second-order valence-electron chi connectivity index (χ2n) is 6.69. The maximum Gasteiger partial charge on any atom is 0.139 e. The zero-order valence-electron chi connectivity index (χ0n) is 11.5. The molecule has 0 N–H and O–H groups in total. The normalized spacial score (nSPS) is 41.9. The minimum Gasteiger partial charge on any atom is -0.299 e. The molecule has 2 fully saturated rings. The predicted octanol–water partition coefficient (Wildman–Crippen LogP) is 3.24. The van der Waals surface area contributed by atoms with Crippen molar-refractivity contribution in [3.05, 3.63) is 0 Å². The molecule has 0 aromatic rings. The number of carbonyl (C=O) groups is 2. The minimum absolute atomic E-state index is 0.0681. The van der Waals surface area contributed by atoms with Crippen LogP contribution >= 0.6 is 0 Å². The molecule has 0 saturated heterocycles. The lowest BCUT2D eigenvalue weighted by molar-refractivity contribution is -0.126. The van der Waals surface area contributed by atoms with Crippen LogP contribution < -0.4 is 0 Å². The lowest BCUT2D eigenvalue weighted by atomic mass is 9.88. The third-order valence-electron chi connectivity index (χ3n) is 5.13. The average molecular weight is 236 g/mol. The molecule has 0 aliphatic heterocycles. The first-order valence-corrected chi connectivity index (χ1v) is 6.92. The second-order valence-corrected chi connectivity index (χ2v) is 6.69.